The zero-order chi connectivity index (χ0) is 12.5. The molecule has 2 N–H and O–H groups in total. The van der Waals surface area contributed by atoms with Crippen molar-refractivity contribution in [2.45, 2.75) is 57.0 Å². The highest BCUT2D eigenvalue weighted by Crippen LogP contribution is 2.26. The quantitative estimate of drug-likeness (QED) is 0.814. The van der Waals surface area contributed by atoms with Gasteiger partial charge in [-0.2, -0.15) is 0 Å². The van der Waals surface area contributed by atoms with E-state index >= 15 is 0 Å². The summed E-state index contributed by atoms with van der Waals surface area (Å²) < 4.78 is 25.9. The molecule has 0 aromatic rings. The van der Waals surface area contributed by atoms with E-state index in [1.54, 1.807) is 0 Å². The highest BCUT2D eigenvalue weighted by molar-refractivity contribution is 5.85. The van der Waals surface area contributed by atoms with Crippen LogP contribution in [0.15, 0.2) is 0 Å². The summed E-state index contributed by atoms with van der Waals surface area (Å²) >= 11 is 0. The van der Waals surface area contributed by atoms with Crippen LogP contribution in [0.25, 0.3) is 0 Å². The van der Waals surface area contributed by atoms with Crippen molar-refractivity contribution < 1.29 is 13.6 Å². The maximum atomic E-state index is 12.9. The van der Waals surface area contributed by atoms with Gasteiger partial charge in [0.15, 0.2) is 0 Å². The Kier molecular flexibility index (Phi) is 5.34. The third kappa shape index (κ3) is 4.05. The van der Waals surface area contributed by atoms with E-state index in [1.807, 2.05) is 0 Å². The Morgan fingerprint density at radius 1 is 1.28 bits per heavy atom. The van der Waals surface area contributed by atoms with Gasteiger partial charge >= 0.3 is 0 Å². The molecule has 3 nitrogen and oxygen atoms in total. The van der Waals surface area contributed by atoms with Crippen LogP contribution in [-0.2, 0) is 4.79 Å². The lowest BCUT2D eigenvalue weighted by Crippen LogP contribution is -2.46. The van der Waals surface area contributed by atoms with Crippen molar-refractivity contribution in [3.8, 4) is 0 Å². The van der Waals surface area contributed by atoms with E-state index in [0.29, 0.717) is 0 Å². The van der Waals surface area contributed by atoms with Crippen LogP contribution < -0.4 is 10.6 Å². The van der Waals surface area contributed by atoms with E-state index in [1.165, 1.54) is 0 Å². The zero-order valence-electron chi connectivity index (χ0n) is 10.5. The second-order valence-electron chi connectivity index (χ2n) is 5.46. The van der Waals surface area contributed by atoms with Gasteiger partial charge in [-0.3, -0.25) is 10.1 Å². The highest BCUT2D eigenvalue weighted by Gasteiger charge is 2.42. The number of hydrogen-bond acceptors (Lipinski definition) is 2. The van der Waals surface area contributed by atoms with E-state index < -0.39 is 12.0 Å². The Hall–Kier alpha value is -0.420. The molecular formula is C12H21ClF2N2O. The SMILES string of the molecule is CC1CCC(NC(=O)C2CC(F)(F)CN2)CC1.Cl. The molecular weight excluding hydrogens is 262 g/mol. The first-order chi connectivity index (χ1) is 7.96. The molecule has 1 saturated carbocycles. The van der Waals surface area contributed by atoms with E-state index in [0.717, 1.165) is 31.6 Å². The first-order valence-corrected chi connectivity index (χ1v) is 6.38. The number of carbonyl (C=O) groups excluding carboxylic acids is 1. The average Bonchev–Trinajstić information content (AvgIpc) is 2.62. The summed E-state index contributed by atoms with van der Waals surface area (Å²) in [4.78, 5) is 11.8. The molecule has 2 aliphatic rings. The monoisotopic (exact) mass is 282 g/mol. The Morgan fingerprint density at radius 2 is 1.89 bits per heavy atom. The van der Waals surface area contributed by atoms with Crippen LogP contribution in [0, 0.1) is 5.92 Å². The molecule has 0 spiro atoms. The van der Waals surface area contributed by atoms with Gasteiger partial charge < -0.3 is 5.32 Å². The zero-order valence-corrected chi connectivity index (χ0v) is 11.4. The summed E-state index contributed by atoms with van der Waals surface area (Å²) in [6.07, 6.45) is 3.78. The standard InChI is InChI=1S/C12H20F2N2O.ClH/c1-8-2-4-9(5-3-8)16-11(17)10-6-12(13,14)7-15-10;/h8-10,15H,2-7H2,1H3,(H,16,17);1H. The second kappa shape index (κ2) is 6.15. The maximum Gasteiger partial charge on any atom is 0.262 e. The van der Waals surface area contributed by atoms with Gasteiger partial charge in [0.1, 0.15) is 0 Å². The lowest BCUT2D eigenvalue weighted by atomic mass is 9.87. The Labute approximate surface area is 112 Å². The molecule has 6 heteroatoms. The van der Waals surface area contributed by atoms with Crippen LogP contribution in [0.2, 0.25) is 0 Å². The number of halogens is 3. The van der Waals surface area contributed by atoms with E-state index in [4.69, 9.17) is 0 Å². The van der Waals surface area contributed by atoms with Crippen LogP contribution >= 0.6 is 12.4 Å². The van der Waals surface area contributed by atoms with Crippen LogP contribution in [0.5, 0.6) is 0 Å². The summed E-state index contributed by atoms with van der Waals surface area (Å²) in [5.74, 6) is -2.28. The number of hydrogen-bond donors (Lipinski definition) is 2. The van der Waals surface area contributed by atoms with Crippen LogP contribution in [0.4, 0.5) is 8.78 Å². The summed E-state index contributed by atoms with van der Waals surface area (Å²) in [5.41, 5.74) is 0. The number of nitrogens with one attached hydrogen (secondary N) is 2. The highest BCUT2D eigenvalue weighted by atomic mass is 35.5. The number of rotatable bonds is 2. The molecule has 1 aliphatic carbocycles. The maximum absolute atomic E-state index is 12.9. The summed E-state index contributed by atoms with van der Waals surface area (Å²) in [6, 6.07) is -0.543. The molecule has 0 bridgehead atoms. The van der Waals surface area contributed by atoms with E-state index in [-0.39, 0.29) is 37.3 Å². The third-order valence-electron chi connectivity index (χ3n) is 3.79. The minimum Gasteiger partial charge on any atom is -0.352 e. The molecule has 1 heterocycles. The van der Waals surface area contributed by atoms with Crippen molar-refractivity contribution in [2.75, 3.05) is 6.54 Å². The van der Waals surface area contributed by atoms with Crippen molar-refractivity contribution in [3.63, 3.8) is 0 Å². The van der Waals surface area contributed by atoms with Crippen molar-refractivity contribution in [1.29, 1.82) is 0 Å². The lowest BCUT2D eigenvalue weighted by molar-refractivity contribution is -0.124. The minimum absolute atomic E-state index is 0. The summed E-state index contributed by atoms with van der Waals surface area (Å²) in [7, 11) is 0. The summed E-state index contributed by atoms with van der Waals surface area (Å²) in [6.45, 7) is 1.82. The smallest absolute Gasteiger partial charge is 0.262 e. The fourth-order valence-electron chi connectivity index (χ4n) is 2.61. The van der Waals surface area contributed by atoms with Crippen molar-refractivity contribution in [3.05, 3.63) is 0 Å². The molecule has 2 fully saturated rings. The van der Waals surface area contributed by atoms with Gasteiger partial charge in [0, 0.05) is 12.5 Å². The van der Waals surface area contributed by atoms with Gasteiger partial charge in [-0.25, -0.2) is 8.78 Å². The van der Waals surface area contributed by atoms with Gasteiger partial charge in [-0.1, -0.05) is 6.92 Å². The lowest BCUT2D eigenvalue weighted by Gasteiger charge is -2.27. The first-order valence-electron chi connectivity index (χ1n) is 6.38. The van der Waals surface area contributed by atoms with Crippen LogP contribution in [-0.4, -0.2) is 30.5 Å². The molecule has 1 unspecified atom stereocenters. The number of carbonyl (C=O) groups is 1. The molecule has 1 amide bonds. The van der Waals surface area contributed by atoms with Gasteiger partial charge in [0.05, 0.1) is 12.6 Å². The summed E-state index contributed by atoms with van der Waals surface area (Å²) in [5, 5.41) is 5.47. The van der Waals surface area contributed by atoms with Gasteiger partial charge in [-0.15, -0.1) is 12.4 Å². The largest absolute Gasteiger partial charge is 0.352 e. The van der Waals surface area contributed by atoms with Gasteiger partial charge in [0.2, 0.25) is 5.91 Å². The van der Waals surface area contributed by atoms with Gasteiger partial charge in [0.25, 0.3) is 5.92 Å². The van der Waals surface area contributed by atoms with Crippen LogP contribution in [0.1, 0.15) is 39.0 Å². The predicted octanol–water partition coefficient (Wildman–Crippen LogP) is 2.10. The van der Waals surface area contributed by atoms with E-state index in [2.05, 4.69) is 17.6 Å². The fourth-order valence-corrected chi connectivity index (χ4v) is 2.61. The molecule has 0 aromatic heterocycles. The molecule has 1 atom stereocenters. The molecule has 1 aliphatic heterocycles. The topological polar surface area (TPSA) is 41.1 Å². The van der Waals surface area contributed by atoms with Crippen molar-refractivity contribution >= 4 is 18.3 Å². The third-order valence-corrected chi connectivity index (χ3v) is 3.79. The number of alkyl halides is 2. The molecule has 18 heavy (non-hydrogen) atoms. The Morgan fingerprint density at radius 3 is 2.39 bits per heavy atom. The normalized spacial score (nSPS) is 34.7. The predicted molar refractivity (Wildman–Crippen MR) is 68.2 cm³/mol. The minimum atomic E-state index is -2.73. The average molecular weight is 283 g/mol. The molecule has 2 rings (SSSR count). The fraction of sp³-hybridized carbons (Fsp3) is 0.917. The Balaban J connectivity index is 0.00000162. The van der Waals surface area contributed by atoms with Crippen LogP contribution in [0.3, 0.4) is 0 Å². The molecule has 0 aromatic carbocycles. The Bertz CT molecular complexity index is 294. The van der Waals surface area contributed by atoms with E-state index in [9.17, 15) is 13.6 Å². The first kappa shape index (κ1) is 15.6. The number of amides is 1. The molecule has 106 valence electrons. The van der Waals surface area contributed by atoms with Crippen molar-refractivity contribution in [1.82, 2.24) is 10.6 Å². The van der Waals surface area contributed by atoms with Gasteiger partial charge in [-0.05, 0) is 31.6 Å². The molecule has 0 radical (unpaired) electrons. The molecule has 1 saturated heterocycles. The second-order valence-corrected chi connectivity index (χ2v) is 5.46. The van der Waals surface area contributed by atoms with Crippen molar-refractivity contribution in [2.24, 2.45) is 5.92 Å².